The molecule has 198 valence electrons. The van der Waals surface area contributed by atoms with Gasteiger partial charge in [0.05, 0.1) is 41.4 Å². The Morgan fingerprint density at radius 2 is 1.97 bits per heavy atom. The third kappa shape index (κ3) is 4.84. The van der Waals surface area contributed by atoms with Gasteiger partial charge >= 0.3 is 11.7 Å². The van der Waals surface area contributed by atoms with E-state index in [2.05, 4.69) is 14.9 Å². The van der Waals surface area contributed by atoms with Gasteiger partial charge in [-0.3, -0.25) is 14.3 Å². The molecule has 1 aliphatic rings. The van der Waals surface area contributed by atoms with E-state index in [-0.39, 0.29) is 23.7 Å². The fourth-order valence-electron chi connectivity index (χ4n) is 4.54. The van der Waals surface area contributed by atoms with Crippen molar-refractivity contribution in [3.63, 3.8) is 0 Å². The fraction of sp³-hybridized carbons (Fsp3) is 0.333. The first-order valence-electron chi connectivity index (χ1n) is 12.4. The van der Waals surface area contributed by atoms with Gasteiger partial charge < -0.3 is 20.1 Å². The van der Waals surface area contributed by atoms with Crippen molar-refractivity contribution in [2.45, 2.75) is 32.4 Å². The topological polar surface area (TPSA) is 117 Å². The standard InChI is InChI=1S/C27H29ClN6O4/c1-16(2)25(29)26(35)38-19-10-11-32(14-19)22-7-5-18(12-23(22)37-3)33-15-31-24-9-8-21(34(24)27(33)36)20-6-4-17(28)13-30-20/h4-9,12-13,15-16,19,25H,10-11,14,29H2,1-3H3/t19-,25?/m1/s1. The number of carbonyl (C=O) groups excluding carboxylic acids is 1. The monoisotopic (exact) mass is 536 g/mol. The van der Waals surface area contributed by atoms with Gasteiger partial charge in [-0.2, -0.15) is 0 Å². The van der Waals surface area contributed by atoms with E-state index < -0.39 is 6.04 Å². The predicted octanol–water partition coefficient (Wildman–Crippen LogP) is 3.31. The number of carbonyl (C=O) groups is 1. The maximum absolute atomic E-state index is 13.6. The normalized spacial score (nSPS) is 16.3. The van der Waals surface area contributed by atoms with E-state index >= 15 is 0 Å². The minimum Gasteiger partial charge on any atom is -0.495 e. The minimum atomic E-state index is -0.640. The molecule has 0 spiro atoms. The van der Waals surface area contributed by atoms with Crippen molar-refractivity contribution in [3.8, 4) is 22.8 Å². The largest absolute Gasteiger partial charge is 0.495 e. The Balaban J connectivity index is 1.42. The van der Waals surface area contributed by atoms with Crippen LogP contribution in [0.5, 0.6) is 5.75 Å². The second-order valence-corrected chi connectivity index (χ2v) is 10.0. The first kappa shape index (κ1) is 25.7. The molecule has 1 aromatic carbocycles. The summed E-state index contributed by atoms with van der Waals surface area (Å²) in [7, 11) is 1.58. The number of halogens is 1. The number of ether oxygens (including phenoxy) is 2. The number of rotatable bonds is 7. The number of hydrogen-bond donors (Lipinski definition) is 1. The summed E-state index contributed by atoms with van der Waals surface area (Å²) < 4.78 is 14.3. The lowest BCUT2D eigenvalue weighted by atomic mass is 10.1. The lowest BCUT2D eigenvalue weighted by Crippen LogP contribution is -2.39. The second kappa shape index (κ2) is 10.5. The van der Waals surface area contributed by atoms with Gasteiger partial charge in [0.2, 0.25) is 0 Å². The Morgan fingerprint density at radius 1 is 1.16 bits per heavy atom. The zero-order valence-corrected chi connectivity index (χ0v) is 22.1. The number of nitrogens with two attached hydrogens (primary N) is 1. The van der Waals surface area contributed by atoms with Crippen LogP contribution in [0.15, 0.2) is 59.8 Å². The highest BCUT2D eigenvalue weighted by molar-refractivity contribution is 6.30. The molecule has 0 amide bonds. The molecule has 2 N–H and O–H groups in total. The predicted molar refractivity (Wildman–Crippen MR) is 145 cm³/mol. The van der Waals surface area contributed by atoms with Crippen LogP contribution in [0.2, 0.25) is 5.02 Å². The van der Waals surface area contributed by atoms with Crippen molar-refractivity contribution in [1.82, 2.24) is 18.9 Å². The van der Waals surface area contributed by atoms with Crippen molar-refractivity contribution >= 4 is 28.9 Å². The lowest BCUT2D eigenvalue weighted by molar-refractivity contribution is -0.150. The average Bonchev–Trinajstić information content (AvgIpc) is 3.56. The van der Waals surface area contributed by atoms with Crippen LogP contribution in [0.4, 0.5) is 5.69 Å². The fourth-order valence-corrected chi connectivity index (χ4v) is 4.65. The molecule has 3 aromatic heterocycles. The van der Waals surface area contributed by atoms with E-state index in [4.69, 9.17) is 26.8 Å². The van der Waals surface area contributed by atoms with Gasteiger partial charge in [0.25, 0.3) is 0 Å². The highest BCUT2D eigenvalue weighted by Crippen LogP contribution is 2.33. The van der Waals surface area contributed by atoms with E-state index in [9.17, 15) is 9.59 Å². The second-order valence-electron chi connectivity index (χ2n) is 9.59. The van der Waals surface area contributed by atoms with E-state index in [1.54, 1.807) is 37.4 Å². The quantitative estimate of drug-likeness (QED) is 0.357. The number of anilines is 1. The molecule has 1 aliphatic heterocycles. The summed E-state index contributed by atoms with van der Waals surface area (Å²) in [6.07, 6.45) is 3.47. The van der Waals surface area contributed by atoms with Gasteiger partial charge in [-0.1, -0.05) is 25.4 Å². The third-order valence-corrected chi connectivity index (χ3v) is 6.98. The molecule has 11 heteroatoms. The van der Waals surface area contributed by atoms with Crippen LogP contribution in [0.25, 0.3) is 22.7 Å². The van der Waals surface area contributed by atoms with Crippen molar-refractivity contribution in [2.75, 3.05) is 25.1 Å². The summed E-state index contributed by atoms with van der Waals surface area (Å²) in [6.45, 7) is 5.01. The Labute approximate surface area is 224 Å². The number of pyridine rings is 1. The summed E-state index contributed by atoms with van der Waals surface area (Å²) >= 11 is 5.98. The number of benzene rings is 1. The summed E-state index contributed by atoms with van der Waals surface area (Å²) in [5.74, 6) is 0.219. The number of fused-ring (bicyclic) bond motifs is 1. The molecule has 5 rings (SSSR count). The molecule has 0 saturated carbocycles. The first-order chi connectivity index (χ1) is 18.3. The van der Waals surface area contributed by atoms with E-state index in [1.165, 1.54) is 21.5 Å². The zero-order valence-electron chi connectivity index (χ0n) is 21.4. The van der Waals surface area contributed by atoms with Crippen LogP contribution < -0.4 is 21.1 Å². The van der Waals surface area contributed by atoms with Crippen LogP contribution in [0.3, 0.4) is 0 Å². The SMILES string of the molecule is COc1cc(-n2cnc3ccc(-c4ccc(Cl)cn4)n3c2=O)ccc1N1CC[C@@H](OC(=O)C(N)C(C)C)C1. The van der Waals surface area contributed by atoms with Crippen LogP contribution in [0, 0.1) is 5.92 Å². The molecular weight excluding hydrogens is 508 g/mol. The minimum absolute atomic E-state index is 0.00911. The van der Waals surface area contributed by atoms with Crippen molar-refractivity contribution in [2.24, 2.45) is 11.7 Å². The number of esters is 1. The van der Waals surface area contributed by atoms with Gasteiger partial charge in [0.1, 0.15) is 29.9 Å². The molecule has 0 aliphatic carbocycles. The van der Waals surface area contributed by atoms with E-state index in [0.717, 1.165) is 5.69 Å². The number of hydrogen-bond acceptors (Lipinski definition) is 8. The van der Waals surface area contributed by atoms with Crippen LogP contribution in [-0.2, 0) is 9.53 Å². The van der Waals surface area contributed by atoms with Crippen molar-refractivity contribution in [1.29, 1.82) is 0 Å². The smallest absolute Gasteiger partial charge is 0.340 e. The molecule has 10 nitrogen and oxygen atoms in total. The van der Waals surface area contributed by atoms with Crippen molar-refractivity contribution in [3.05, 3.63) is 70.5 Å². The summed E-state index contributed by atoms with van der Waals surface area (Å²) in [4.78, 5) is 36.8. The molecule has 1 saturated heterocycles. The van der Waals surface area contributed by atoms with Gasteiger partial charge in [0.15, 0.2) is 0 Å². The number of methoxy groups -OCH3 is 1. The van der Waals surface area contributed by atoms with Crippen LogP contribution >= 0.6 is 11.6 Å². The van der Waals surface area contributed by atoms with E-state index in [0.29, 0.717) is 53.0 Å². The van der Waals surface area contributed by atoms with Crippen LogP contribution in [-0.4, -0.2) is 57.3 Å². The Kier molecular flexibility index (Phi) is 7.09. The molecule has 0 radical (unpaired) electrons. The lowest BCUT2D eigenvalue weighted by Gasteiger charge is -2.23. The first-order valence-corrected chi connectivity index (χ1v) is 12.7. The van der Waals surface area contributed by atoms with Gasteiger partial charge in [-0.25, -0.2) is 14.2 Å². The van der Waals surface area contributed by atoms with Gasteiger partial charge in [-0.15, -0.1) is 0 Å². The summed E-state index contributed by atoms with van der Waals surface area (Å²) in [5, 5.41) is 0.513. The Hall–Kier alpha value is -3.89. The van der Waals surface area contributed by atoms with E-state index in [1.807, 2.05) is 26.0 Å². The zero-order chi connectivity index (χ0) is 27.0. The van der Waals surface area contributed by atoms with Gasteiger partial charge in [0, 0.05) is 25.2 Å². The highest BCUT2D eigenvalue weighted by Gasteiger charge is 2.30. The molecule has 1 fully saturated rings. The number of nitrogens with zero attached hydrogens (tertiary/aromatic N) is 5. The Bertz CT molecular complexity index is 1530. The number of aromatic nitrogens is 4. The summed E-state index contributed by atoms with van der Waals surface area (Å²) in [6, 6.07) is 11.9. The maximum Gasteiger partial charge on any atom is 0.340 e. The molecule has 4 aromatic rings. The van der Waals surface area contributed by atoms with Crippen LogP contribution in [0.1, 0.15) is 20.3 Å². The Morgan fingerprint density at radius 3 is 2.68 bits per heavy atom. The molecule has 0 bridgehead atoms. The molecule has 2 atom stereocenters. The average molecular weight is 537 g/mol. The molecule has 4 heterocycles. The molecular formula is C27H29ClN6O4. The summed E-state index contributed by atoms with van der Waals surface area (Å²) in [5.41, 5.74) is 8.82. The third-order valence-electron chi connectivity index (χ3n) is 6.75. The van der Waals surface area contributed by atoms with Gasteiger partial charge in [-0.05, 0) is 42.3 Å². The maximum atomic E-state index is 13.6. The highest BCUT2D eigenvalue weighted by atomic mass is 35.5. The molecule has 1 unspecified atom stereocenters. The molecule has 38 heavy (non-hydrogen) atoms. The van der Waals surface area contributed by atoms with Crippen molar-refractivity contribution < 1.29 is 14.3 Å².